The summed E-state index contributed by atoms with van der Waals surface area (Å²) in [4.78, 5) is 13.5. The molecule has 0 aliphatic carbocycles. The van der Waals surface area contributed by atoms with E-state index in [1.807, 2.05) is 13.8 Å². The van der Waals surface area contributed by atoms with Crippen LogP contribution in [0.2, 0.25) is 0 Å². The number of hydrogen-bond acceptors (Lipinski definition) is 2. The van der Waals surface area contributed by atoms with E-state index in [1.165, 1.54) is 0 Å². The zero-order valence-corrected chi connectivity index (χ0v) is 10.6. The molecule has 0 bridgehead atoms. The number of hydrogen-bond donors (Lipinski definition) is 2. The lowest BCUT2D eigenvalue weighted by Crippen LogP contribution is -2.43. The largest absolute Gasteiger partial charge is 0.337 e. The van der Waals surface area contributed by atoms with Gasteiger partial charge in [0, 0.05) is 25.2 Å². The fourth-order valence-corrected chi connectivity index (χ4v) is 1.19. The van der Waals surface area contributed by atoms with Crippen LogP contribution in [0.3, 0.4) is 0 Å². The second-order valence-corrected chi connectivity index (χ2v) is 4.29. The lowest BCUT2D eigenvalue weighted by molar-refractivity contribution is 0.228. The zero-order chi connectivity index (χ0) is 11.8. The molecule has 0 aromatic rings. The van der Waals surface area contributed by atoms with Crippen molar-refractivity contribution in [1.29, 1.82) is 0 Å². The highest BCUT2D eigenvalue weighted by molar-refractivity contribution is 5.74. The molecule has 0 rings (SSSR count). The van der Waals surface area contributed by atoms with Crippen molar-refractivity contribution < 1.29 is 4.79 Å². The molecule has 0 saturated carbocycles. The normalized spacial score (nSPS) is 13.0. The maximum absolute atomic E-state index is 11.2. The van der Waals surface area contributed by atoms with Crippen molar-refractivity contribution in [2.24, 2.45) is 0 Å². The molecule has 0 aliphatic rings. The van der Waals surface area contributed by atoms with Crippen LogP contribution >= 0.6 is 0 Å². The van der Waals surface area contributed by atoms with Gasteiger partial charge in [0.15, 0.2) is 0 Å². The summed E-state index contributed by atoms with van der Waals surface area (Å²) < 4.78 is 0. The lowest BCUT2D eigenvalue weighted by atomic mass is 10.2. The predicted octanol–water partition coefficient (Wildman–Crippen LogP) is 1.42. The van der Waals surface area contributed by atoms with Crippen molar-refractivity contribution in [3.8, 4) is 0 Å². The molecule has 2 amide bonds. The first-order valence-corrected chi connectivity index (χ1v) is 5.72. The summed E-state index contributed by atoms with van der Waals surface area (Å²) in [5.41, 5.74) is 0. The molecule has 0 aromatic carbocycles. The molecule has 1 unspecified atom stereocenters. The van der Waals surface area contributed by atoms with Crippen LogP contribution in [-0.2, 0) is 0 Å². The van der Waals surface area contributed by atoms with Crippen molar-refractivity contribution in [2.75, 3.05) is 20.1 Å². The molecule has 0 radical (unpaired) electrons. The molecule has 4 nitrogen and oxygen atoms in total. The van der Waals surface area contributed by atoms with E-state index in [1.54, 1.807) is 0 Å². The molecule has 2 N–H and O–H groups in total. The van der Waals surface area contributed by atoms with Gasteiger partial charge in [0.2, 0.25) is 0 Å². The summed E-state index contributed by atoms with van der Waals surface area (Å²) in [5.74, 6) is 0. The van der Waals surface area contributed by atoms with Gasteiger partial charge in [0.25, 0.3) is 0 Å². The van der Waals surface area contributed by atoms with Gasteiger partial charge in [0.1, 0.15) is 0 Å². The Morgan fingerprint density at radius 1 is 1.33 bits per heavy atom. The van der Waals surface area contributed by atoms with Gasteiger partial charge in [0.05, 0.1) is 0 Å². The number of carbonyl (C=O) groups is 1. The quantitative estimate of drug-likeness (QED) is 0.704. The fourth-order valence-electron chi connectivity index (χ4n) is 1.19. The van der Waals surface area contributed by atoms with Crippen molar-refractivity contribution in [3.63, 3.8) is 0 Å². The molecule has 0 fully saturated rings. The average Bonchev–Trinajstić information content (AvgIpc) is 2.15. The van der Waals surface area contributed by atoms with E-state index in [9.17, 15) is 4.79 Å². The Morgan fingerprint density at radius 2 is 1.93 bits per heavy atom. The summed E-state index contributed by atoms with van der Waals surface area (Å²) in [5, 5.41) is 5.62. The number of amides is 2. The summed E-state index contributed by atoms with van der Waals surface area (Å²) in [6, 6.07) is 0.680. The summed E-state index contributed by atoms with van der Waals surface area (Å²) in [6.07, 6.45) is 1.13. The van der Waals surface area contributed by atoms with Gasteiger partial charge < -0.3 is 15.5 Å². The molecule has 15 heavy (non-hydrogen) atoms. The highest BCUT2D eigenvalue weighted by Gasteiger charge is 2.07. The third kappa shape index (κ3) is 7.19. The van der Waals surface area contributed by atoms with Crippen molar-refractivity contribution in [1.82, 2.24) is 15.5 Å². The summed E-state index contributed by atoms with van der Waals surface area (Å²) in [7, 11) is 2.08. The van der Waals surface area contributed by atoms with Crippen LogP contribution < -0.4 is 10.6 Å². The topological polar surface area (TPSA) is 44.4 Å². The first kappa shape index (κ1) is 14.2. The van der Waals surface area contributed by atoms with E-state index in [-0.39, 0.29) is 12.1 Å². The zero-order valence-electron chi connectivity index (χ0n) is 10.6. The van der Waals surface area contributed by atoms with E-state index >= 15 is 0 Å². The van der Waals surface area contributed by atoms with Gasteiger partial charge in [-0.05, 0) is 34.2 Å². The second-order valence-electron chi connectivity index (χ2n) is 4.29. The Morgan fingerprint density at radius 3 is 2.40 bits per heavy atom. The van der Waals surface area contributed by atoms with E-state index in [0.717, 1.165) is 13.0 Å². The fraction of sp³-hybridized carbons (Fsp3) is 0.909. The first-order chi connectivity index (χ1) is 6.97. The lowest BCUT2D eigenvalue weighted by Gasteiger charge is -2.23. The van der Waals surface area contributed by atoms with Gasteiger partial charge >= 0.3 is 6.03 Å². The number of rotatable bonds is 6. The predicted molar refractivity (Wildman–Crippen MR) is 64.1 cm³/mol. The minimum Gasteiger partial charge on any atom is -0.337 e. The van der Waals surface area contributed by atoms with Crippen LogP contribution in [0.1, 0.15) is 34.1 Å². The van der Waals surface area contributed by atoms with Gasteiger partial charge in [-0.25, -0.2) is 4.79 Å². The molecule has 0 aromatic heterocycles. The number of carbonyl (C=O) groups excluding carboxylic acids is 1. The van der Waals surface area contributed by atoms with Crippen molar-refractivity contribution in [2.45, 2.75) is 46.2 Å². The minimum atomic E-state index is -0.0810. The Balaban J connectivity index is 3.57. The molecular formula is C11H25N3O. The third-order valence-electron chi connectivity index (χ3n) is 2.51. The summed E-state index contributed by atoms with van der Waals surface area (Å²) in [6.45, 7) is 9.84. The molecule has 4 heteroatoms. The van der Waals surface area contributed by atoms with Crippen LogP contribution in [0, 0.1) is 0 Å². The Bertz CT molecular complexity index is 183. The van der Waals surface area contributed by atoms with Gasteiger partial charge in [-0.1, -0.05) is 6.92 Å². The van der Waals surface area contributed by atoms with Crippen LogP contribution in [0.5, 0.6) is 0 Å². The van der Waals surface area contributed by atoms with Crippen molar-refractivity contribution >= 4 is 6.03 Å². The van der Waals surface area contributed by atoms with E-state index < -0.39 is 0 Å². The van der Waals surface area contributed by atoms with Crippen LogP contribution in [0.4, 0.5) is 4.79 Å². The SMILES string of the molecule is CCC(C)N(C)CCNC(=O)NC(C)C. The average molecular weight is 215 g/mol. The molecule has 90 valence electrons. The van der Waals surface area contributed by atoms with Gasteiger partial charge in [-0.3, -0.25) is 0 Å². The minimum absolute atomic E-state index is 0.0810. The highest BCUT2D eigenvalue weighted by Crippen LogP contribution is 1.97. The number of likely N-dealkylation sites (N-methyl/N-ethyl adjacent to an activating group) is 1. The Labute approximate surface area is 93.4 Å². The summed E-state index contributed by atoms with van der Waals surface area (Å²) >= 11 is 0. The Hall–Kier alpha value is -0.770. The molecule has 0 aliphatic heterocycles. The molecule has 1 atom stereocenters. The van der Waals surface area contributed by atoms with Crippen molar-refractivity contribution in [3.05, 3.63) is 0 Å². The molecule has 0 heterocycles. The van der Waals surface area contributed by atoms with E-state index in [2.05, 4.69) is 36.4 Å². The maximum atomic E-state index is 11.2. The smallest absolute Gasteiger partial charge is 0.315 e. The van der Waals surface area contributed by atoms with E-state index in [0.29, 0.717) is 12.6 Å². The monoisotopic (exact) mass is 215 g/mol. The molecule has 0 spiro atoms. The number of nitrogens with one attached hydrogen (secondary N) is 2. The van der Waals surface area contributed by atoms with Crippen LogP contribution in [-0.4, -0.2) is 43.2 Å². The second kappa shape index (κ2) is 7.51. The Kier molecular flexibility index (Phi) is 7.13. The maximum Gasteiger partial charge on any atom is 0.315 e. The van der Waals surface area contributed by atoms with E-state index in [4.69, 9.17) is 0 Å². The molecule has 0 saturated heterocycles. The standard InChI is InChI=1S/C11H25N3O/c1-6-10(4)14(5)8-7-12-11(15)13-9(2)3/h9-10H,6-8H2,1-5H3,(H2,12,13,15). The molecular weight excluding hydrogens is 190 g/mol. The van der Waals surface area contributed by atoms with Crippen LogP contribution in [0.15, 0.2) is 0 Å². The van der Waals surface area contributed by atoms with Gasteiger partial charge in [-0.2, -0.15) is 0 Å². The number of urea groups is 1. The third-order valence-corrected chi connectivity index (χ3v) is 2.51. The van der Waals surface area contributed by atoms with Gasteiger partial charge in [-0.15, -0.1) is 0 Å². The highest BCUT2D eigenvalue weighted by atomic mass is 16.2. The first-order valence-electron chi connectivity index (χ1n) is 5.72. The van der Waals surface area contributed by atoms with Crippen LogP contribution in [0.25, 0.3) is 0 Å². The number of nitrogens with zero attached hydrogens (tertiary/aromatic N) is 1.